The lowest BCUT2D eigenvalue weighted by Gasteiger charge is -2.15. The van der Waals surface area contributed by atoms with Crippen molar-refractivity contribution in [1.82, 2.24) is 0 Å². The predicted octanol–water partition coefficient (Wildman–Crippen LogP) is 1.19. The van der Waals surface area contributed by atoms with Crippen molar-refractivity contribution in [3.05, 3.63) is 39.9 Å². The summed E-state index contributed by atoms with van der Waals surface area (Å²) >= 11 is 0. The second-order valence-corrected chi connectivity index (χ2v) is 3.94. The van der Waals surface area contributed by atoms with Crippen LogP contribution in [0.2, 0.25) is 0 Å². The summed E-state index contributed by atoms with van der Waals surface area (Å²) in [7, 11) is 0. The lowest BCUT2D eigenvalue weighted by molar-refractivity contribution is -0.384. The topological polar surface area (TPSA) is 89.7 Å². The molecule has 1 heterocycles. The van der Waals surface area contributed by atoms with Gasteiger partial charge in [-0.3, -0.25) is 14.9 Å². The summed E-state index contributed by atoms with van der Waals surface area (Å²) in [5.41, 5.74) is 0.526. The summed E-state index contributed by atoms with van der Waals surface area (Å²) in [6, 6.07) is 5.64. The van der Waals surface area contributed by atoms with Gasteiger partial charge in [0.15, 0.2) is 0 Å². The Morgan fingerprint density at radius 1 is 1.41 bits per heavy atom. The molecular formula is C11H11NO5. The van der Waals surface area contributed by atoms with E-state index in [-0.39, 0.29) is 30.6 Å². The molecule has 2 rings (SSSR count). The molecule has 0 aliphatic carbocycles. The first-order valence-electron chi connectivity index (χ1n) is 5.16. The minimum absolute atomic E-state index is 0.0281. The van der Waals surface area contributed by atoms with Crippen LogP contribution in [0, 0.1) is 16.0 Å². The van der Waals surface area contributed by atoms with Crippen molar-refractivity contribution in [3.63, 3.8) is 0 Å². The predicted molar refractivity (Wildman–Crippen MR) is 57.1 cm³/mol. The molecule has 6 nitrogen and oxygen atoms in total. The molecule has 0 spiro atoms. The number of ether oxygens (including phenoxy) is 1. The number of benzene rings is 1. The molecule has 0 aromatic heterocycles. The quantitative estimate of drug-likeness (QED) is 0.484. The number of nitrogens with zero attached hydrogens (tertiary/aromatic N) is 1. The van der Waals surface area contributed by atoms with E-state index in [2.05, 4.69) is 0 Å². The molecule has 1 N–H and O–H groups in total. The molecule has 1 fully saturated rings. The van der Waals surface area contributed by atoms with Gasteiger partial charge in [0.1, 0.15) is 0 Å². The Bertz CT molecular complexity index is 442. The van der Waals surface area contributed by atoms with Crippen molar-refractivity contribution in [2.45, 2.75) is 12.5 Å². The molecule has 0 amide bonds. The summed E-state index contributed by atoms with van der Waals surface area (Å²) in [6.45, 7) is 0.191. The summed E-state index contributed by atoms with van der Waals surface area (Å²) in [5.74, 6) is -0.597. The molecule has 1 aliphatic heterocycles. The van der Waals surface area contributed by atoms with Crippen LogP contribution >= 0.6 is 0 Å². The first-order chi connectivity index (χ1) is 8.08. The maximum Gasteiger partial charge on any atom is 0.306 e. The highest BCUT2D eigenvalue weighted by atomic mass is 16.6. The van der Waals surface area contributed by atoms with Crippen LogP contribution in [0.15, 0.2) is 24.3 Å². The molecule has 90 valence electrons. The van der Waals surface area contributed by atoms with E-state index in [4.69, 9.17) is 4.74 Å². The molecule has 1 aromatic carbocycles. The van der Waals surface area contributed by atoms with Crippen LogP contribution in [0.3, 0.4) is 0 Å². The number of hydrogen-bond acceptors (Lipinski definition) is 5. The van der Waals surface area contributed by atoms with E-state index < -0.39 is 11.0 Å². The van der Waals surface area contributed by atoms with Crippen molar-refractivity contribution in [1.29, 1.82) is 0 Å². The van der Waals surface area contributed by atoms with Crippen molar-refractivity contribution in [2.75, 3.05) is 6.61 Å². The van der Waals surface area contributed by atoms with Gasteiger partial charge in [0, 0.05) is 18.1 Å². The van der Waals surface area contributed by atoms with E-state index in [9.17, 15) is 20.0 Å². The number of aliphatic hydroxyl groups is 1. The van der Waals surface area contributed by atoms with Crippen molar-refractivity contribution < 1.29 is 19.6 Å². The van der Waals surface area contributed by atoms with E-state index in [1.165, 1.54) is 24.3 Å². The zero-order valence-electron chi connectivity index (χ0n) is 8.91. The number of aliphatic hydroxyl groups excluding tert-OH is 1. The second-order valence-electron chi connectivity index (χ2n) is 3.94. The SMILES string of the molecule is O=C1C[C@@H]([C@@H](O)c2ccc([N+](=O)[O-])cc2)CO1. The van der Waals surface area contributed by atoms with Gasteiger partial charge in [-0.05, 0) is 17.7 Å². The minimum Gasteiger partial charge on any atom is -0.465 e. The van der Waals surface area contributed by atoms with Crippen LogP contribution in [0.1, 0.15) is 18.1 Å². The number of nitro benzene ring substituents is 1. The van der Waals surface area contributed by atoms with Gasteiger partial charge in [-0.1, -0.05) is 0 Å². The van der Waals surface area contributed by atoms with Crippen molar-refractivity contribution >= 4 is 11.7 Å². The number of hydrogen-bond donors (Lipinski definition) is 1. The highest BCUT2D eigenvalue weighted by Gasteiger charge is 2.31. The summed E-state index contributed by atoms with van der Waals surface area (Å²) in [4.78, 5) is 20.9. The molecule has 0 bridgehead atoms. The third-order valence-corrected chi connectivity index (χ3v) is 2.78. The Balaban J connectivity index is 2.11. The van der Waals surface area contributed by atoms with Crippen LogP contribution in [0.5, 0.6) is 0 Å². The van der Waals surface area contributed by atoms with E-state index in [0.717, 1.165) is 0 Å². The molecule has 1 saturated heterocycles. The van der Waals surface area contributed by atoms with Gasteiger partial charge in [0.05, 0.1) is 24.1 Å². The maximum atomic E-state index is 10.9. The Kier molecular flexibility index (Phi) is 3.06. The Morgan fingerprint density at radius 3 is 2.53 bits per heavy atom. The number of carbonyl (C=O) groups excluding carboxylic acids is 1. The van der Waals surface area contributed by atoms with E-state index in [1.54, 1.807) is 0 Å². The zero-order valence-corrected chi connectivity index (χ0v) is 8.91. The van der Waals surface area contributed by atoms with Crippen LogP contribution in [-0.2, 0) is 9.53 Å². The fourth-order valence-electron chi connectivity index (χ4n) is 1.80. The smallest absolute Gasteiger partial charge is 0.306 e. The van der Waals surface area contributed by atoms with E-state index in [1.807, 2.05) is 0 Å². The lowest BCUT2D eigenvalue weighted by atomic mass is 9.95. The van der Waals surface area contributed by atoms with Gasteiger partial charge >= 0.3 is 5.97 Å². The highest BCUT2D eigenvalue weighted by molar-refractivity contribution is 5.71. The summed E-state index contributed by atoms with van der Waals surface area (Å²) in [6.07, 6.45) is -0.653. The monoisotopic (exact) mass is 237 g/mol. The van der Waals surface area contributed by atoms with Crippen LogP contribution in [-0.4, -0.2) is 22.6 Å². The van der Waals surface area contributed by atoms with Crippen LogP contribution in [0.4, 0.5) is 5.69 Å². The lowest BCUT2D eigenvalue weighted by Crippen LogP contribution is -2.12. The minimum atomic E-state index is -0.831. The Hall–Kier alpha value is -1.95. The van der Waals surface area contributed by atoms with Gasteiger partial charge in [-0.15, -0.1) is 0 Å². The average molecular weight is 237 g/mol. The number of cyclic esters (lactones) is 1. The average Bonchev–Trinajstić information content (AvgIpc) is 2.75. The molecule has 2 atom stereocenters. The van der Waals surface area contributed by atoms with Gasteiger partial charge in [0.2, 0.25) is 0 Å². The molecule has 1 aromatic rings. The third kappa shape index (κ3) is 2.42. The maximum absolute atomic E-state index is 10.9. The summed E-state index contributed by atoms with van der Waals surface area (Å²) in [5, 5.41) is 20.4. The molecule has 1 aliphatic rings. The number of carbonyl (C=O) groups is 1. The second kappa shape index (κ2) is 4.50. The van der Waals surface area contributed by atoms with Crippen molar-refractivity contribution in [3.8, 4) is 0 Å². The largest absolute Gasteiger partial charge is 0.465 e. The Labute approximate surface area is 97.0 Å². The van der Waals surface area contributed by atoms with Gasteiger partial charge in [0.25, 0.3) is 5.69 Å². The molecular weight excluding hydrogens is 226 g/mol. The van der Waals surface area contributed by atoms with Crippen LogP contribution in [0.25, 0.3) is 0 Å². The molecule has 17 heavy (non-hydrogen) atoms. The third-order valence-electron chi connectivity index (χ3n) is 2.78. The molecule has 0 unspecified atom stereocenters. The molecule has 0 radical (unpaired) electrons. The first kappa shape index (κ1) is 11.5. The van der Waals surface area contributed by atoms with Crippen molar-refractivity contribution in [2.24, 2.45) is 5.92 Å². The van der Waals surface area contributed by atoms with E-state index in [0.29, 0.717) is 5.56 Å². The first-order valence-corrected chi connectivity index (χ1v) is 5.16. The van der Waals surface area contributed by atoms with Crippen LogP contribution < -0.4 is 0 Å². The Morgan fingerprint density at radius 2 is 2.06 bits per heavy atom. The molecule has 0 saturated carbocycles. The standard InChI is InChI=1S/C11H11NO5/c13-10-5-8(6-17-10)11(14)7-1-3-9(4-2-7)12(15)16/h1-4,8,11,14H,5-6H2/t8-,11+/m1/s1. The van der Waals surface area contributed by atoms with E-state index >= 15 is 0 Å². The fraction of sp³-hybridized carbons (Fsp3) is 0.364. The van der Waals surface area contributed by atoms with Gasteiger partial charge < -0.3 is 9.84 Å². The highest BCUT2D eigenvalue weighted by Crippen LogP contribution is 2.29. The normalized spacial score (nSPS) is 21.0. The zero-order chi connectivity index (χ0) is 12.4. The van der Waals surface area contributed by atoms with Gasteiger partial charge in [-0.25, -0.2) is 0 Å². The number of nitro groups is 1. The molecule has 6 heteroatoms. The fourth-order valence-corrected chi connectivity index (χ4v) is 1.80. The summed E-state index contributed by atoms with van der Waals surface area (Å²) < 4.78 is 4.76. The number of rotatable bonds is 3. The number of esters is 1. The number of non-ortho nitro benzene ring substituents is 1. The van der Waals surface area contributed by atoms with Gasteiger partial charge in [-0.2, -0.15) is 0 Å².